The topological polar surface area (TPSA) is 71.0 Å². The van der Waals surface area contributed by atoms with Crippen LogP contribution in [0.2, 0.25) is 5.02 Å². The van der Waals surface area contributed by atoms with Crippen molar-refractivity contribution in [1.82, 2.24) is 4.90 Å². The first-order valence-corrected chi connectivity index (χ1v) is 10.4. The van der Waals surface area contributed by atoms with Crippen LogP contribution in [0.1, 0.15) is 34.5 Å². The van der Waals surface area contributed by atoms with Gasteiger partial charge in [0.1, 0.15) is 5.71 Å². The monoisotopic (exact) mass is 417 g/mol. The molecule has 1 unspecified atom stereocenters. The lowest BCUT2D eigenvalue weighted by Gasteiger charge is -2.38. The Labute approximate surface area is 172 Å². The summed E-state index contributed by atoms with van der Waals surface area (Å²) in [5.41, 5.74) is 1.30. The van der Waals surface area contributed by atoms with Crippen molar-refractivity contribution < 1.29 is 14.4 Å². The molecule has 0 bridgehead atoms. The number of anilines is 1. The number of hydrogen-bond acceptors (Lipinski definition) is 5. The molecule has 1 atom stereocenters. The van der Waals surface area contributed by atoms with Gasteiger partial charge >= 0.3 is 0 Å². The van der Waals surface area contributed by atoms with E-state index >= 15 is 0 Å². The number of nitrogens with zero attached hydrogens (tertiary/aromatic N) is 2. The Hall–Kier alpha value is -2.38. The highest BCUT2D eigenvalue weighted by Crippen LogP contribution is 2.35. The Bertz CT molecular complexity index is 958. The van der Waals surface area contributed by atoms with Gasteiger partial charge in [-0.15, -0.1) is 11.3 Å². The van der Waals surface area contributed by atoms with E-state index in [2.05, 4.69) is 10.5 Å². The number of likely N-dealkylation sites (tertiary alicyclic amines) is 1. The molecule has 0 aliphatic carbocycles. The number of rotatable bonds is 3. The van der Waals surface area contributed by atoms with Gasteiger partial charge in [0.25, 0.3) is 11.8 Å². The van der Waals surface area contributed by atoms with Gasteiger partial charge in [-0.1, -0.05) is 22.8 Å². The summed E-state index contributed by atoms with van der Waals surface area (Å²) in [4.78, 5) is 33.7. The zero-order chi connectivity index (χ0) is 19.7. The molecule has 0 radical (unpaired) electrons. The van der Waals surface area contributed by atoms with Crippen molar-refractivity contribution in [2.75, 3.05) is 18.4 Å². The minimum atomic E-state index is -0.625. The van der Waals surface area contributed by atoms with Crippen molar-refractivity contribution in [1.29, 1.82) is 0 Å². The second-order valence-electron chi connectivity index (χ2n) is 7.22. The van der Waals surface area contributed by atoms with Crippen LogP contribution in [0.5, 0.6) is 0 Å². The van der Waals surface area contributed by atoms with Crippen molar-refractivity contribution in [3.8, 4) is 0 Å². The van der Waals surface area contributed by atoms with Crippen LogP contribution in [0.15, 0.2) is 40.9 Å². The number of aryl methyl sites for hydroxylation is 1. The first-order chi connectivity index (χ1) is 13.5. The Morgan fingerprint density at radius 2 is 2.21 bits per heavy atom. The third-order valence-electron chi connectivity index (χ3n) is 5.07. The molecule has 146 valence electrons. The van der Waals surface area contributed by atoms with E-state index in [4.69, 9.17) is 16.4 Å². The fraction of sp³-hybridized carbons (Fsp3) is 0.350. The molecule has 2 aromatic rings. The smallest absolute Gasteiger partial charge is 0.273 e. The van der Waals surface area contributed by atoms with E-state index in [0.29, 0.717) is 35.9 Å². The Balaban J connectivity index is 1.42. The molecule has 1 fully saturated rings. The molecule has 0 saturated carbocycles. The third kappa shape index (κ3) is 3.77. The van der Waals surface area contributed by atoms with Crippen LogP contribution in [-0.2, 0) is 9.63 Å². The molecule has 1 spiro atoms. The summed E-state index contributed by atoms with van der Waals surface area (Å²) in [5.74, 6) is -0.288. The maximum absolute atomic E-state index is 12.9. The second kappa shape index (κ2) is 7.56. The maximum atomic E-state index is 12.9. The van der Waals surface area contributed by atoms with E-state index in [9.17, 15) is 9.59 Å². The highest BCUT2D eigenvalue weighted by atomic mass is 35.5. The number of benzene rings is 1. The van der Waals surface area contributed by atoms with E-state index in [1.165, 1.54) is 11.3 Å². The average Bonchev–Trinajstić information content (AvgIpc) is 3.28. The van der Waals surface area contributed by atoms with E-state index in [0.717, 1.165) is 23.3 Å². The number of thiophene rings is 1. The second-order valence-corrected chi connectivity index (χ2v) is 8.57. The van der Waals surface area contributed by atoms with Crippen molar-refractivity contribution in [2.24, 2.45) is 5.16 Å². The predicted molar refractivity (Wildman–Crippen MR) is 110 cm³/mol. The molecule has 28 heavy (non-hydrogen) atoms. The number of piperidine rings is 1. The lowest BCUT2D eigenvalue weighted by molar-refractivity contribution is -0.110. The van der Waals surface area contributed by atoms with Crippen LogP contribution < -0.4 is 5.32 Å². The Morgan fingerprint density at radius 1 is 1.36 bits per heavy atom. The van der Waals surface area contributed by atoms with Crippen LogP contribution in [0.25, 0.3) is 0 Å². The molecule has 1 aromatic heterocycles. The minimum Gasteiger partial charge on any atom is -0.386 e. The summed E-state index contributed by atoms with van der Waals surface area (Å²) < 4.78 is 0. The lowest BCUT2D eigenvalue weighted by Crippen LogP contribution is -2.50. The largest absolute Gasteiger partial charge is 0.386 e. The maximum Gasteiger partial charge on any atom is 0.273 e. The fourth-order valence-electron chi connectivity index (χ4n) is 3.64. The first-order valence-electron chi connectivity index (χ1n) is 9.11. The zero-order valence-electron chi connectivity index (χ0n) is 15.4. The van der Waals surface area contributed by atoms with Crippen molar-refractivity contribution in [3.05, 3.63) is 51.2 Å². The first kappa shape index (κ1) is 19.0. The van der Waals surface area contributed by atoms with Crippen LogP contribution in [-0.4, -0.2) is 41.1 Å². The Morgan fingerprint density at radius 3 is 2.96 bits per heavy atom. The molecule has 1 saturated heterocycles. The molecule has 2 amide bonds. The number of amides is 2. The van der Waals surface area contributed by atoms with E-state index in [-0.39, 0.29) is 11.8 Å². The van der Waals surface area contributed by atoms with Gasteiger partial charge in [-0.2, -0.15) is 0 Å². The molecule has 3 heterocycles. The van der Waals surface area contributed by atoms with E-state index in [1.807, 2.05) is 23.3 Å². The van der Waals surface area contributed by atoms with Crippen LogP contribution >= 0.6 is 22.9 Å². The molecule has 2 aliphatic rings. The minimum absolute atomic E-state index is 0.0204. The molecule has 2 aliphatic heterocycles. The van der Waals surface area contributed by atoms with Crippen LogP contribution in [0.4, 0.5) is 5.69 Å². The van der Waals surface area contributed by atoms with Gasteiger partial charge < -0.3 is 15.1 Å². The summed E-state index contributed by atoms with van der Waals surface area (Å²) in [6.07, 6.45) is 1.96. The van der Waals surface area contributed by atoms with Crippen LogP contribution in [0, 0.1) is 6.92 Å². The molecule has 8 heteroatoms. The van der Waals surface area contributed by atoms with Gasteiger partial charge in [-0.25, -0.2) is 0 Å². The number of oxime groups is 1. The lowest BCUT2D eigenvalue weighted by atomic mass is 9.88. The zero-order valence-corrected chi connectivity index (χ0v) is 17.0. The Kier molecular flexibility index (Phi) is 5.12. The number of hydrogen-bond donors (Lipinski definition) is 1. The molecule has 1 aromatic carbocycles. The molecular weight excluding hydrogens is 398 g/mol. The van der Waals surface area contributed by atoms with Gasteiger partial charge in [0.05, 0.1) is 11.4 Å². The van der Waals surface area contributed by atoms with Crippen molar-refractivity contribution in [2.45, 2.75) is 31.8 Å². The van der Waals surface area contributed by atoms with Crippen molar-refractivity contribution in [3.63, 3.8) is 0 Å². The summed E-state index contributed by atoms with van der Waals surface area (Å²) in [6.45, 7) is 3.06. The van der Waals surface area contributed by atoms with E-state index in [1.54, 1.807) is 24.3 Å². The SMILES string of the molecule is Cc1ccsc1C(=O)N1CCCC2(CC(C(=O)Nc3cccc(Cl)c3)=NO2)C1. The number of halogens is 1. The molecular formula is C20H20ClN3O3S. The number of nitrogens with one attached hydrogen (secondary N) is 1. The summed E-state index contributed by atoms with van der Waals surface area (Å²) in [7, 11) is 0. The van der Waals surface area contributed by atoms with Crippen LogP contribution in [0.3, 0.4) is 0 Å². The summed E-state index contributed by atoms with van der Waals surface area (Å²) in [5, 5.41) is 9.31. The highest BCUT2D eigenvalue weighted by molar-refractivity contribution is 7.12. The molecule has 1 N–H and O–H groups in total. The quantitative estimate of drug-likeness (QED) is 0.817. The van der Waals surface area contributed by atoms with Gasteiger partial charge in [0.2, 0.25) is 0 Å². The predicted octanol–water partition coefficient (Wildman–Crippen LogP) is 4.10. The number of carbonyl (C=O) groups excluding carboxylic acids is 2. The van der Waals surface area contributed by atoms with Gasteiger partial charge in [0, 0.05) is 23.7 Å². The summed E-state index contributed by atoms with van der Waals surface area (Å²) >= 11 is 7.42. The fourth-order valence-corrected chi connectivity index (χ4v) is 4.72. The van der Waals surface area contributed by atoms with Gasteiger partial charge in [0.15, 0.2) is 5.60 Å². The number of carbonyl (C=O) groups is 2. The average molecular weight is 418 g/mol. The van der Waals surface area contributed by atoms with Gasteiger partial charge in [-0.3, -0.25) is 9.59 Å². The standard InChI is InChI=1S/C20H20ClN3O3S/c1-13-6-9-28-17(13)19(26)24-8-3-7-20(12-24)11-16(23-27-20)18(25)22-15-5-2-4-14(21)10-15/h2,4-6,9-10H,3,7-8,11-12H2,1H3,(H,22,25). The normalized spacial score (nSPS) is 21.4. The van der Waals surface area contributed by atoms with Gasteiger partial charge in [-0.05, 0) is 55.0 Å². The third-order valence-corrected chi connectivity index (χ3v) is 6.31. The molecule has 4 rings (SSSR count). The highest BCUT2D eigenvalue weighted by Gasteiger charge is 2.45. The van der Waals surface area contributed by atoms with E-state index < -0.39 is 5.60 Å². The molecule has 6 nitrogen and oxygen atoms in total. The summed E-state index contributed by atoms with van der Waals surface area (Å²) in [6, 6.07) is 8.90. The van der Waals surface area contributed by atoms with Crippen molar-refractivity contribution >= 4 is 46.2 Å².